The summed E-state index contributed by atoms with van der Waals surface area (Å²) in [7, 11) is 0. The largest absolute Gasteiger partial charge is 0.369 e. The van der Waals surface area contributed by atoms with E-state index < -0.39 is 17.0 Å². The van der Waals surface area contributed by atoms with Gasteiger partial charge < -0.3 is 10.6 Å². The fraction of sp³-hybridized carbons (Fsp3) is 0.357. The lowest BCUT2D eigenvalue weighted by Crippen LogP contribution is -2.46. The van der Waals surface area contributed by atoms with Gasteiger partial charge in [0, 0.05) is 49.2 Å². The monoisotopic (exact) mass is 501 g/mol. The van der Waals surface area contributed by atoms with Crippen molar-refractivity contribution in [2.45, 2.75) is 45.1 Å². The number of fused-ring (bicyclic) bond motifs is 1. The fourth-order valence-electron chi connectivity index (χ4n) is 5.06. The summed E-state index contributed by atoms with van der Waals surface area (Å²) in [6.07, 6.45) is 6.71. The third-order valence-electron chi connectivity index (χ3n) is 7.01. The molecule has 0 bridgehead atoms. The van der Waals surface area contributed by atoms with Crippen molar-refractivity contribution in [2.75, 3.05) is 18.0 Å². The number of nitrogens with zero attached hydrogens (tertiary/aromatic N) is 6. The second-order valence-corrected chi connectivity index (χ2v) is 10.5. The predicted octanol–water partition coefficient (Wildman–Crippen LogP) is 4.63. The lowest BCUT2D eigenvalue weighted by atomic mass is 9.85. The molecule has 0 unspecified atom stereocenters. The number of aromatic nitrogens is 4. The Balaban J connectivity index is 1.51. The molecule has 190 valence electrons. The first kappa shape index (κ1) is 24.8. The maximum atomic E-state index is 15.1. The number of pyridine rings is 1. The smallest absolute Gasteiger partial charge is 0.135 e. The van der Waals surface area contributed by atoms with Crippen molar-refractivity contribution in [3.05, 3.63) is 77.5 Å². The first-order valence-corrected chi connectivity index (χ1v) is 12.3. The highest BCUT2D eigenvalue weighted by atomic mass is 19.1. The van der Waals surface area contributed by atoms with E-state index >= 15 is 8.78 Å². The van der Waals surface area contributed by atoms with E-state index in [1.165, 1.54) is 12.1 Å². The van der Waals surface area contributed by atoms with Crippen molar-refractivity contribution in [3.63, 3.8) is 0 Å². The van der Waals surface area contributed by atoms with Crippen molar-refractivity contribution >= 4 is 11.2 Å². The number of hydrogen-bond acceptors (Lipinski definition) is 6. The van der Waals surface area contributed by atoms with Crippen molar-refractivity contribution in [3.8, 4) is 17.3 Å². The Morgan fingerprint density at radius 3 is 2.59 bits per heavy atom. The van der Waals surface area contributed by atoms with Gasteiger partial charge in [-0.1, -0.05) is 6.92 Å². The molecule has 4 heterocycles. The lowest BCUT2D eigenvalue weighted by molar-refractivity contribution is 0.401. The van der Waals surface area contributed by atoms with Crippen LogP contribution in [0.15, 0.2) is 48.9 Å². The standard InChI is InChI=1S/C28H29F2N7/c1-17-8-20(32)15-36(14-17)25-6-7-33-12-18(25)9-26-34-13-21-4-5-24(35-37(21)26)27-22(29)10-19(11-23(27)30)28(2,3)16-31/h4-7,10-13,17,20H,8-9,14-15,32H2,1-3H3/t17-,20+/m1/s1. The van der Waals surface area contributed by atoms with Gasteiger partial charge in [0.2, 0.25) is 0 Å². The number of piperidine rings is 1. The number of halogens is 2. The van der Waals surface area contributed by atoms with Crippen LogP contribution in [0.1, 0.15) is 44.1 Å². The topological polar surface area (TPSA) is 96.1 Å². The molecule has 1 aliphatic heterocycles. The third-order valence-corrected chi connectivity index (χ3v) is 7.01. The Bertz CT molecular complexity index is 1470. The molecule has 37 heavy (non-hydrogen) atoms. The van der Waals surface area contributed by atoms with Crippen LogP contribution in [-0.4, -0.2) is 38.7 Å². The van der Waals surface area contributed by atoms with Gasteiger partial charge in [-0.15, -0.1) is 0 Å². The van der Waals surface area contributed by atoms with Gasteiger partial charge in [-0.2, -0.15) is 10.4 Å². The molecule has 0 radical (unpaired) electrons. The van der Waals surface area contributed by atoms with Crippen molar-refractivity contribution in [2.24, 2.45) is 11.7 Å². The highest BCUT2D eigenvalue weighted by Gasteiger charge is 2.26. The maximum absolute atomic E-state index is 15.1. The average Bonchev–Trinajstić information content (AvgIpc) is 3.25. The minimum Gasteiger partial charge on any atom is -0.369 e. The first-order valence-electron chi connectivity index (χ1n) is 12.3. The molecular weight excluding hydrogens is 472 g/mol. The lowest BCUT2D eigenvalue weighted by Gasteiger charge is -2.37. The molecule has 9 heteroatoms. The Hall–Kier alpha value is -3.90. The van der Waals surface area contributed by atoms with E-state index in [2.05, 4.69) is 33.0 Å². The summed E-state index contributed by atoms with van der Waals surface area (Å²) in [4.78, 5) is 11.2. The van der Waals surface area contributed by atoms with Crippen LogP contribution >= 0.6 is 0 Å². The molecule has 0 aliphatic carbocycles. The zero-order valence-corrected chi connectivity index (χ0v) is 21.1. The minimum atomic E-state index is -1.02. The van der Waals surface area contributed by atoms with Crippen molar-refractivity contribution < 1.29 is 8.78 Å². The molecule has 4 aromatic rings. The molecule has 0 saturated carbocycles. The van der Waals surface area contributed by atoms with E-state index in [1.54, 1.807) is 42.9 Å². The van der Waals surface area contributed by atoms with Crippen LogP contribution in [0.25, 0.3) is 16.8 Å². The summed E-state index contributed by atoms with van der Waals surface area (Å²) in [6.45, 7) is 7.12. The van der Waals surface area contributed by atoms with E-state index in [0.717, 1.165) is 30.8 Å². The van der Waals surface area contributed by atoms with E-state index in [-0.39, 0.29) is 22.9 Å². The molecule has 5 rings (SSSR count). The van der Waals surface area contributed by atoms with E-state index in [9.17, 15) is 5.26 Å². The molecule has 0 spiro atoms. The molecule has 0 amide bonds. The van der Waals surface area contributed by atoms with Crippen LogP contribution in [-0.2, 0) is 11.8 Å². The van der Waals surface area contributed by atoms with Gasteiger partial charge in [0.05, 0.1) is 34.5 Å². The summed E-state index contributed by atoms with van der Waals surface area (Å²) >= 11 is 0. The number of anilines is 1. The number of hydrogen-bond donors (Lipinski definition) is 1. The quantitative estimate of drug-likeness (QED) is 0.428. The van der Waals surface area contributed by atoms with Crippen molar-refractivity contribution in [1.29, 1.82) is 5.26 Å². The van der Waals surface area contributed by atoms with Gasteiger partial charge >= 0.3 is 0 Å². The SMILES string of the molecule is C[C@@H]1C[C@H](N)CN(c2ccncc2Cc2ncc3ccc(-c4c(F)cc(C(C)(C)C#N)cc4F)nn23)C1. The second kappa shape index (κ2) is 9.52. The van der Waals surface area contributed by atoms with Crippen LogP contribution in [0.4, 0.5) is 14.5 Å². The fourth-order valence-corrected chi connectivity index (χ4v) is 5.06. The molecule has 2 atom stereocenters. The molecule has 7 nitrogen and oxygen atoms in total. The minimum absolute atomic E-state index is 0.108. The maximum Gasteiger partial charge on any atom is 0.135 e. The third kappa shape index (κ3) is 4.77. The van der Waals surface area contributed by atoms with E-state index in [4.69, 9.17) is 5.73 Å². The van der Waals surface area contributed by atoms with Gasteiger partial charge in [0.1, 0.15) is 17.5 Å². The van der Waals surface area contributed by atoms with Gasteiger partial charge in [0.25, 0.3) is 0 Å². The molecule has 1 aliphatic rings. The molecule has 1 saturated heterocycles. The number of benzene rings is 1. The second-order valence-electron chi connectivity index (χ2n) is 10.5. The van der Waals surface area contributed by atoms with Gasteiger partial charge in [-0.25, -0.2) is 18.3 Å². The Morgan fingerprint density at radius 2 is 1.89 bits per heavy atom. The number of rotatable bonds is 5. The van der Waals surface area contributed by atoms with Crippen LogP contribution < -0.4 is 10.6 Å². The summed E-state index contributed by atoms with van der Waals surface area (Å²) in [6, 6.07) is 9.89. The Morgan fingerprint density at radius 1 is 1.14 bits per heavy atom. The summed E-state index contributed by atoms with van der Waals surface area (Å²) in [5, 5.41) is 13.9. The van der Waals surface area contributed by atoms with Crippen LogP contribution in [0.2, 0.25) is 0 Å². The average molecular weight is 502 g/mol. The molecular formula is C28H29F2N7. The zero-order valence-electron chi connectivity index (χ0n) is 21.1. The van der Waals surface area contributed by atoms with Crippen LogP contribution in [0.3, 0.4) is 0 Å². The van der Waals surface area contributed by atoms with Gasteiger partial charge in [-0.3, -0.25) is 4.98 Å². The van der Waals surface area contributed by atoms with Gasteiger partial charge in [-0.05, 0) is 62.1 Å². The first-order chi connectivity index (χ1) is 17.7. The predicted molar refractivity (Wildman–Crippen MR) is 138 cm³/mol. The van der Waals surface area contributed by atoms with Crippen molar-refractivity contribution in [1.82, 2.24) is 19.6 Å². The van der Waals surface area contributed by atoms with Crippen LogP contribution in [0.5, 0.6) is 0 Å². The summed E-state index contributed by atoms with van der Waals surface area (Å²) in [5.74, 6) is -0.423. The molecule has 3 aromatic heterocycles. The highest BCUT2D eigenvalue weighted by molar-refractivity contribution is 5.64. The summed E-state index contributed by atoms with van der Waals surface area (Å²) in [5.41, 5.74) is 8.18. The van der Waals surface area contributed by atoms with E-state index in [0.29, 0.717) is 23.7 Å². The number of nitrogens with two attached hydrogens (primary N) is 1. The van der Waals surface area contributed by atoms with Crippen LogP contribution in [0, 0.1) is 28.9 Å². The number of imidazole rings is 1. The number of nitriles is 1. The molecule has 1 aromatic carbocycles. The highest BCUT2D eigenvalue weighted by Crippen LogP contribution is 2.32. The molecule has 1 fully saturated rings. The Kier molecular flexibility index (Phi) is 6.38. The van der Waals surface area contributed by atoms with Gasteiger partial charge in [0.15, 0.2) is 0 Å². The normalized spacial score (nSPS) is 18.2. The molecule has 2 N–H and O–H groups in total. The zero-order chi connectivity index (χ0) is 26.3. The van der Waals surface area contributed by atoms with E-state index in [1.807, 2.05) is 12.3 Å². The summed E-state index contributed by atoms with van der Waals surface area (Å²) < 4.78 is 31.9. The Labute approximate surface area is 214 Å².